The van der Waals surface area contributed by atoms with Gasteiger partial charge < -0.3 is 10.7 Å². The summed E-state index contributed by atoms with van der Waals surface area (Å²) < 4.78 is 26.8. The molecule has 0 aliphatic rings. The van der Waals surface area contributed by atoms with Crippen LogP contribution in [0.5, 0.6) is 0 Å². The number of nitro groups is 1. The number of hydrogen-bond acceptors (Lipinski definition) is 6. The highest BCUT2D eigenvalue weighted by Crippen LogP contribution is 2.28. The maximum absolute atomic E-state index is 13.6. The summed E-state index contributed by atoms with van der Waals surface area (Å²) in [4.78, 5) is 14.0. The third kappa shape index (κ3) is 3.41. The van der Waals surface area contributed by atoms with Crippen LogP contribution in [0.2, 0.25) is 0 Å². The Hall–Kier alpha value is -2.33. The normalized spacial score (nSPS) is 10.3. The number of pyridine rings is 1. The van der Waals surface area contributed by atoms with Crippen LogP contribution in [0.4, 0.5) is 31.8 Å². The minimum Gasteiger partial charge on any atom is -0.338 e. The average Bonchev–Trinajstić information content (AvgIpc) is 2.44. The number of benzene rings is 1. The highest BCUT2D eigenvalue weighted by molar-refractivity contribution is 9.10. The Labute approximate surface area is 125 Å². The second-order valence-electron chi connectivity index (χ2n) is 3.87. The molecule has 0 aliphatic heterocycles. The Morgan fingerprint density at radius 2 is 1.86 bits per heavy atom. The molecular formula is C11H8BrF2N5O2. The Kier molecular flexibility index (Phi) is 4.29. The first-order valence-corrected chi connectivity index (χ1v) is 6.24. The summed E-state index contributed by atoms with van der Waals surface area (Å²) in [6.45, 7) is 0. The summed E-state index contributed by atoms with van der Waals surface area (Å²) >= 11 is 2.92. The van der Waals surface area contributed by atoms with E-state index in [4.69, 9.17) is 5.84 Å². The number of aromatic nitrogens is 1. The molecule has 0 fully saturated rings. The van der Waals surface area contributed by atoms with E-state index in [0.717, 1.165) is 18.2 Å². The minimum atomic E-state index is -0.869. The van der Waals surface area contributed by atoms with Gasteiger partial charge in [-0.25, -0.2) is 19.6 Å². The molecule has 0 saturated heterocycles. The third-order valence-electron chi connectivity index (χ3n) is 2.44. The molecule has 2 aromatic rings. The van der Waals surface area contributed by atoms with Crippen molar-refractivity contribution >= 4 is 38.9 Å². The lowest BCUT2D eigenvalue weighted by Gasteiger charge is -2.09. The van der Waals surface area contributed by atoms with E-state index < -0.39 is 16.6 Å². The summed E-state index contributed by atoms with van der Waals surface area (Å²) in [5.41, 5.74) is 1.78. The molecule has 0 amide bonds. The van der Waals surface area contributed by atoms with E-state index in [1.165, 1.54) is 0 Å². The van der Waals surface area contributed by atoms with Gasteiger partial charge >= 0.3 is 0 Å². The molecule has 0 saturated carbocycles. The lowest BCUT2D eigenvalue weighted by Crippen LogP contribution is -2.10. The van der Waals surface area contributed by atoms with E-state index in [9.17, 15) is 18.9 Å². The number of nitrogens with zero attached hydrogens (tertiary/aromatic N) is 2. The predicted molar refractivity (Wildman–Crippen MR) is 76.0 cm³/mol. The maximum Gasteiger partial charge on any atom is 0.276 e. The van der Waals surface area contributed by atoms with E-state index >= 15 is 0 Å². The first kappa shape index (κ1) is 15.1. The van der Waals surface area contributed by atoms with E-state index in [-0.39, 0.29) is 27.5 Å². The minimum absolute atomic E-state index is 0.0189. The van der Waals surface area contributed by atoms with E-state index in [1.807, 2.05) is 0 Å². The van der Waals surface area contributed by atoms with Crippen LogP contribution in [-0.4, -0.2) is 9.91 Å². The van der Waals surface area contributed by atoms with Crippen molar-refractivity contribution in [3.05, 3.63) is 50.5 Å². The number of nitrogens with one attached hydrogen (secondary N) is 2. The van der Waals surface area contributed by atoms with Gasteiger partial charge in [0.15, 0.2) is 0 Å². The number of halogens is 3. The highest BCUT2D eigenvalue weighted by Gasteiger charge is 2.13. The van der Waals surface area contributed by atoms with Crippen LogP contribution in [0.25, 0.3) is 0 Å². The van der Waals surface area contributed by atoms with Crippen LogP contribution in [0.1, 0.15) is 0 Å². The number of nitrogen functional groups attached to an aromatic ring is 1. The second kappa shape index (κ2) is 5.97. The largest absolute Gasteiger partial charge is 0.338 e. The summed E-state index contributed by atoms with van der Waals surface area (Å²) in [5.74, 6) is 3.53. The molecular weight excluding hydrogens is 352 g/mol. The fourth-order valence-electron chi connectivity index (χ4n) is 1.52. The van der Waals surface area contributed by atoms with E-state index in [0.29, 0.717) is 6.07 Å². The van der Waals surface area contributed by atoms with Crippen molar-refractivity contribution in [2.45, 2.75) is 0 Å². The van der Waals surface area contributed by atoms with Crippen LogP contribution in [0.15, 0.2) is 28.7 Å². The van der Waals surface area contributed by atoms with Crippen molar-refractivity contribution in [3.8, 4) is 0 Å². The molecule has 0 spiro atoms. The Balaban J connectivity index is 2.41. The standard InChI is InChI=1S/C11H8BrF2N5O2/c12-6-3-9(8(14)4-7(6)13)16-10-1-5(19(20)21)2-11(17-10)18-15/h1-4H,15H2,(H2,16,17,18). The number of hydrogen-bond donors (Lipinski definition) is 3. The van der Waals surface area contributed by atoms with Gasteiger partial charge in [-0.05, 0) is 22.0 Å². The molecule has 2 rings (SSSR count). The van der Waals surface area contributed by atoms with Crippen LogP contribution in [-0.2, 0) is 0 Å². The lowest BCUT2D eigenvalue weighted by atomic mass is 10.3. The predicted octanol–water partition coefficient (Wildman–Crippen LogP) is 3.06. The van der Waals surface area contributed by atoms with Gasteiger partial charge in [0.2, 0.25) is 0 Å². The Bertz CT molecular complexity index is 713. The van der Waals surface area contributed by atoms with Gasteiger partial charge in [-0.15, -0.1) is 0 Å². The summed E-state index contributed by atoms with van der Waals surface area (Å²) in [6.07, 6.45) is 0. The van der Waals surface area contributed by atoms with Crippen molar-refractivity contribution in [2.75, 3.05) is 10.7 Å². The molecule has 1 aromatic heterocycles. The van der Waals surface area contributed by atoms with Crippen LogP contribution >= 0.6 is 15.9 Å². The van der Waals surface area contributed by atoms with Gasteiger partial charge in [-0.1, -0.05) is 0 Å². The van der Waals surface area contributed by atoms with E-state index in [1.54, 1.807) is 0 Å². The number of hydrazine groups is 1. The highest BCUT2D eigenvalue weighted by atomic mass is 79.9. The quantitative estimate of drug-likeness (QED) is 0.335. The fraction of sp³-hybridized carbons (Fsp3) is 0. The van der Waals surface area contributed by atoms with Crippen molar-refractivity contribution in [2.24, 2.45) is 5.84 Å². The smallest absolute Gasteiger partial charge is 0.276 e. The van der Waals surface area contributed by atoms with Crippen molar-refractivity contribution in [1.82, 2.24) is 4.98 Å². The number of rotatable bonds is 4. The molecule has 4 N–H and O–H groups in total. The maximum atomic E-state index is 13.6. The van der Waals surface area contributed by atoms with Gasteiger partial charge in [0.1, 0.15) is 23.3 Å². The molecule has 0 radical (unpaired) electrons. The Morgan fingerprint density at radius 1 is 1.19 bits per heavy atom. The SMILES string of the molecule is NNc1cc([N+](=O)[O-])cc(Nc2cc(Br)c(F)cc2F)n1. The van der Waals surface area contributed by atoms with Crippen molar-refractivity contribution < 1.29 is 13.7 Å². The molecule has 110 valence electrons. The van der Waals surface area contributed by atoms with Crippen LogP contribution in [0, 0.1) is 21.7 Å². The van der Waals surface area contributed by atoms with Gasteiger partial charge in [-0.3, -0.25) is 10.1 Å². The van der Waals surface area contributed by atoms with E-state index in [2.05, 4.69) is 31.7 Å². The Morgan fingerprint density at radius 3 is 2.48 bits per heavy atom. The number of nitrogens with two attached hydrogens (primary N) is 1. The van der Waals surface area contributed by atoms with Crippen molar-refractivity contribution in [1.29, 1.82) is 0 Å². The number of anilines is 3. The molecule has 0 aliphatic carbocycles. The zero-order valence-electron chi connectivity index (χ0n) is 10.2. The van der Waals surface area contributed by atoms with Gasteiger partial charge in [0, 0.05) is 6.07 Å². The zero-order chi connectivity index (χ0) is 15.6. The van der Waals surface area contributed by atoms with Crippen LogP contribution < -0.4 is 16.6 Å². The molecule has 0 bridgehead atoms. The molecule has 1 heterocycles. The molecule has 1 aromatic carbocycles. The van der Waals surface area contributed by atoms with Gasteiger partial charge in [-0.2, -0.15) is 0 Å². The lowest BCUT2D eigenvalue weighted by molar-refractivity contribution is -0.384. The van der Waals surface area contributed by atoms with Gasteiger partial charge in [0.25, 0.3) is 5.69 Å². The molecule has 21 heavy (non-hydrogen) atoms. The average molecular weight is 360 g/mol. The summed E-state index contributed by atoms with van der Waals surface area (Å²) in [7, 11) is 0. The second-order valence-corrected chi connectivity index (χ2v) is 4.72. The summed E-state index contributed by atoms with van der Waals surface area (Å²) in [5, 5.41) is 13.3. The summed E-state index contributed by atoms with van der Waals surface area (Å²) in [6, 6.07) is 4.03. The topological polar surface area (TPSA) is 106 Å². The monoisotopic (exact) mass is 359 g/mol. The molecule has 0 unspecified atom stereocenters. The van der Waals surface area contributed by atoms with Crippen molar-refractivity contribution in [3.63, 3.8) is 0 Å². The first-order chi connectivity index (χ1) is 9.90. The zero-order valence-corrected chi connectivity index (χ0v) is 11.8. The molecule has 0 atom stereocenters. The van der Waals surface area contributed by atoms with Gasteiger partial charge in [0.05, 0.1) is 27.2 Å². The van der Waals surface area contributed by atoms with Crippen LogP contribution in [0.3, 0.4) is 0 Å². The molecule has 10 heteroatoms. The third-order valence-corrected chi connectivity index (χ3v) is 3.05. The first-order valence-electron chi connectivity index (χ1n) is 5.45. The molecule has 7 nitrogen and oxygen atoms in total. The fourth-order valence-corrected chi connectivity index (χ4v) is 1.86.